The molecule has 0 aromatic carbocycles. The maximum Gasteiger partial charge on any atom is 0.341 e. The van der Waals surface area contributed by atoms with Crippen LogP contribution in [0.15, 0.2) is 6.07 Å². The lowest BCUT2D eigenvalue weighted by Gasteiger charge is -1.97. The number of thiophene rings is 1. The van der Waals surface area contributed by atoms with Gasteiger partial charge in [-0.3, -0.25) is 0 Å². The molecule has 4 heteroatoms. The fraction of sp³-hybridized carbons (Fsp3) is 0.444. The Morgan fingerprint density at radius 2 is 2.46 bits per heavy atom. The Morgan fingerprint density at radius 1 is 1.62 bits per heavy atom. The number of fused-ring (bicyclic) bond motifs is 1. The number of hydrogen-bond donors (Lipinski definition) is 1. The van der Waals surface area contributed by atoms with Gasteiger partial charge in [0.25, 0.3) is 0 Å². The minimum Gasteiger partial charge on any atom is -0.479 e. The van der Waals surface area contributed by atoms with Gasteiger partial charge in [-0.05, 0) is 30.9 Å². The third kappa shape index (κ3) is 1.83. The summed E-state index contributed by atoms with van der Waals surface area (Å²) in [5, 5.41) is 9.14. The number of hydrogen-bond acceptors (Lipinski definition) is 3. The fourth-order valence-electron chi connectivity index (χ4n) is 1.51. The summed E-state index contributed by atoms with van der Waals surface area (Å²) in [7, 11) is 0. The van der Waals surface area contributed by atoms with E-state index in [1.54, 1.807) is 11.3 Å². The van der Waals surface area contributed by atoms with E-state index in [1.807, 2.05) is 6.07 Å². The van der Waals surface area contributed by atoms with Gasteiger partial charge in [0.1, 0.15) is 0 Å². The molecule has 70 valence electrons. The van der Waals surface area contributed by atoms with Gasteiger partial charge in [-0.2, -0.15) is 0 Å². The lowest BCUT2D eigenvalue weighted by Crippen LogP contribution is -2.08. The first-order valence-electron chi connectivity index (χ1n) is 4.22. The van der Waals surface area contributed by atoms with Crippen LogP contribution in [0.25, 0.3) is 0 Å². The molecule has 0 amide bonds. The first-order chi connectivity index (χ1) is 6.25. The normalized spacial score (nSPS) is 14.2. The van der Waals surface area contributed by atoms with Crippen molar-refractivity contribution < 1.29 is 14.6 Å². The zero-order valence-electron chi connectivity index (χ0n) is 7.08. The molecule has 3 nitrogen and oxygen atoms in total. The highest BCUT2D eigenvalue weighted by Gasteiger charge is 2.15. The van der Waals surface area contributed by atoms with Gasteiger partial charge in [0, 0.05) is 4.88 Å². The second-order valence-corrected chi connectivity index (χ2v) is 4.15. The molecule has 0 saturated carbocycles. The van der Waals surface area contributed by atoms with Crippen molar-refractivity contribution in [1.82, 2.24) is 0 Å². The lowest BCUT2D eigenvalue weighted by molar-refractivity contribution is -0.139. The van der Waals surface area contributed by atoms with Crippen LogP contribution in [0.1, 0.15) is 16.9 Å². The van der Waals surface area contributed by atoms with E-state index in [2.05, 4.69) is 0 Å². The maximum absolute atomic E-state index is 10.2. The fourth-order valence-corrected chi connectivity index (χ4v) is 2.61. The molecule has 1 aliphatic rings. The number of aliphatic carboxylic acids is 1. The predicted octanol–water partition coefficient (Wildman–Crippen LogP) is 1.70. The molecule has 1 heterocycles. The summed E-state index contributed by atoms with van der Waals surface area (Å²) in [6.45, 7) is -0.237. The summed E-state index contributed by atoms with van der Waals surface area (Å²) < 4.78 is 5.08. The summed E-state index contributed by atoms with van der Waals surface area (Å²) in [5.41, 5.74) is 1.34. The van der Waals surface area contributed by atoms with Gasteiger partial charge in [0.15, 0.2) is 11.7 Å². The van der Waals surface area contributed by atoms with Crippen LogP contribution in [0, 0.1) is 0 Å². The molecule has 1 aromatic heterocycles. The minimum absolute atomic E-state index is 0.237. The highest BCUT2D eigenvalue weighted by molar-refractivity contribution is 7.14. The van der Waals surface area contributed by atoms with E-state index >= 15 is 0 Å². The van der Waals surface area contributed by atoms with Crippen LogP contribution >= 0.6 is 11.3 Å². The van der Waals surface area contributed by atoms with Crippen molar-refractivity contribution in [3.63, 3.8) is 0 Å². The highest BCUT2D eigenvalue weighted by atomic mass is 32.1. The second-order valence-electron chi connectivity index (χ2n) is 3.05. The quantitative estimate of drug-likeness (QED) is 0.804. The molecule has 0 spiro atoms. The molecule has 13 heavy (non-hydrogen) atoms. The number of carbonyl (C=O) groups is 1. The molecular weight excluding hydrogens is 188 g/mol. The van der Waals surface area contributed by atoms with Crippen molar-refractivity contribution in [1.29, 1.82) is 0 Å². The van der Waals surface area contributed by atoms with Gasteiger partial charge in [0.2, 0.25) is 0 Å². The molecule has 0 radical (unpaired) electrons. The van der Waals surface area contributed by atoms with Crippen LogP contribution in [0.4, 0.5) is 0 Å². The molecule has 0 bridgehead atoms. The maximum atomic E-state index is 10.2. The molecule has 0 atom stereocenters. The van der Waals surface area contributed by atoms with Crippen molar-refractivity contribution in [2.24, 2.45) is 0 Å². The zero-order chi connectivity index (χ0) is 9.26. The average molecular weight is 198 g/mol. The molecule has 1 aromatic rings. The number of aryl methyl sites for hydroxylation is 2. The summed E-state index contributed by atoms with van der Waals surface area (Å²) >= 11 is 1.58. The molecule has 1 N–H and O–H groups in total. The summed E-state index contributed by atoms with van der Waals surface area (Å²) in [4.78, 5) is 11.6. The first-order valence-corrected chi connectivity index (χ1v) is 5.03. The monoisotopic (exact) mass is 198 g/mol. The third-order valence-electron chi connectivity index (χ3n) is 2.06. The topological polar surface area (TPSA) is 46.5 Å². The van der Waals surface area contributed by atoms with E-state index in [1.165, 1.54) is 16.9 Å². The van der Waals surface area contributed by atoms with Crippen molar-refractivity contribution in [2.45, 2.75) is 19.3 Å². The predicted molar refractivity (Wildman–Crippen MR) is 49.5 cm³/mol. The van der Waals surface area contributed by atoms with Gasteiger partial charge in [-0.15, -0.1) is 11.3 Å². The molecule has 0 unspecified atom stereocenters. The van der Waals surface area contributed by atoms with Gasteiger partial charge in [-0.1, -0.05) is 0 Å². The van der Waals surface area contributed by atoms with E-state index in [-0.39, 0.29) is 6.61 Å². The third-order valence-corrected chi connectivity index (χ3v) is 3.21. The number of rotatable bonds is 3. The van der Waals surface area contributed by atoms with Gasteiger partial charge >= 0.3 is 5.97 Å². The smallest absolute Gasteiger partial charge is 0.341 e. The average Bonchev–Trinajstić information content (AvgIpc) is 2.58. The van der Waals surface area contributed by atoms with Crippen LogP contribution in [0.2, 0.25) is 0 Å². The Hall–Kier alpha value is -1.03. The second kappa shape index (κ2) is 3.38. The van der Waals surface area contributed by atoms with Crippen LogP contribution in [-0.2, 0) is 17.6 Å². The molecule has 2 rings (SSSR count). The van der Waals surface area contributed by atoms with Crippen LogP contribution in [0.5, 0.6) is 5.06 Å². The Balaban J connectivity index is 2.02. The number of carboxylic acids is 1. The summed E-state index contributed by atoms with van der Waals surface area (Å²) in [6.07, 6.45) is 3.46. The van der Waals surface area contributed by atoms with Crippen LogP contribution in [0.3, 0.4) is 0 Å². The molecule has 0 saturated heterocycles. The molecular formula is C9H10O3S. The molecule has 1 aliphatic carbocycles. The van der Waals surface area contributed by atoms with E-state index in [0.717, 1.165) is 17.9 Å². The standard InChI is InChI=1S/C9H10O3S/c10-8(11)5-12-9-4-6-2-1-3-7(6)13-9/h4H,1-3,5H2,(H,10,11). The first kappa shape index (κ1) is 8.56. The highest BCUT2D eigenvalue weighted by Crippen LogP contribution is 2.35. The van der Waals surface area contributed by atoms with Crippen molar-refractivity contribution in [3.8, 4) is 5.06 Å². The van der Waals surface area contributed by atoms with Crippen LogP contribution < -0.4 is 4.74 Å². The minimum atomic E-state index is -0.923. The zero-order valence-corrected chi connectivity index (χ0v) is 7.89. The van der Waals surface area contributed by atoms with Crippen LogP contribution in [-0.4, -0.2) is 17.7 Å². The number of carboxylic acid groups (broad SMARTS) is 1. The SMILES string of the molecule is O=C(O)COc1cc2c(s1)CCC2. The number of ether oxygens (including phenoxy) is 1. The van der Waals surface area contributed by atoms with E-state index in [4.69, 9.17) is 9.84 Å². The molecule has 0 fully saturated rings. The van der Waals surface area contributed by atoms with E-state index < -0.39 is 5.97 Å². The largest absolute Gasteiger partial charge is 0.479 e. The van der Waals surface area contributed by atoms with E-state index in [9.17, 15) is 4.79 Å². The molecule has 0 aliphatic heterocycles. The Morgan fingerprint density at radius 3 is 3.15 bits per heavy atom. The van der Waals surface area contributed by atoms with Crippen molar-refractivity contribution in [2.75, 3.05) is 6.61 Å². The lowest BCUT2D eigenvalue weighted by atomic mass is 10.3. The van der Waals surface area contributed by atoms with Crippen molar-refractivity contribution >= 4 is 17.3 Å². The van der Waals surface area contributed by atoms with E-state index in [0.29, 0.717) is 0 Å². The van der Waals surface area contributed by atoms with Gasteiger partial charge in [0.05, 0.1) is 0 Å². The van der Waals surface area contributed by atoms with Gasteiger partial charge in [-0.25, -0.2) is 4.79 Å². The Kier molecular flexibility index (Phi) is 2.22. The van der Waals surface area contributed by atoms with Crippen molar-refractivity contribution in [3.05, 3.63) is 16.5 Å². The summed E-state index contributed by atoms with van der Waals surface area (Å²) in [6, 6.07) is 1.97. The Bertz CT molecular complexity index is 308. The van der Waals surface area contributed by atoms with Gasteiger partial charge < -0.3 is 9.84 Å². The summed E-state index contributed by atoms with van der Waals surface area (Å²) in [5.74, 6) is -0.923. The Labute approximate surface area is 80.0 Å².